The van der Waals surface area contributed by atoms with Crippen LogP contribution in [0.3, 0.4) is 0 Å². The lowest BCUT2D eigenvalue weighted by molar-refractivity contribution is -0.133. The number of aliphatic hydroxyl groups excluding tert-OH is 1. The average molecular weight is 305 g/mol. The van der Waals surface area contributed by atoms with E-state index in [0.717, 1.165) is 50.9 Å². The molecule has 0 radical (unpaired) electrons. The zero-order valence-electron chi connectivity index (χ0n) is 13.4. The molecular formula is C18H27NO3. The summed E-state index contributed by atoms with van der Waals surface area (Å²) in [5, 5.41) is 10.5. The summed E-state index contributed by atoms with van der Waals surface area (Å²) in [5.41, 5.74) is 0.979. The maximum atomic E-state index is 12.1. The molecule has 122 valence electrons. The van der Waals surface area contributed by atoms with Crippen LogP contribution in [0.2, 0.25) is 0 Å². The minimum Gasteiger partial charge on any atom is -0.388 e. The summed E-state index contributed by atoms with van der Waals surface area (Å²) in [5.74, 6) is 0.490. The SMILES string of the molecule is COCCCCC(=O)N1CCC(C(O)c2ccccc2)CC1. The van der Waals surface area contributed by atoms with Crippen molar-refractivity contribution in [2.75, 3.05) is 26.8 Å². The summed E-state index contributed by atoms with van der Waals surface area (Å²) in [6, 6.07) is 9.81. The molecule has 1 aromatic rings. The highest BCUT2D eigenvalue weighted by molar-refractivity contribution is 5.76. The van der Waals surface area contributed by atoms with Crippen molar-refractivity contribution in [1.29, 1.82) is 0 Å². The lowest BCUT2D eigenvalue weighted by atomic mass is 9.87. The maximum Gasteiger partial charge on any atom is 0.222 e. The van der Waals surface area contributed by atoms with E-state index in [2.05, 4.69) is 0 Å². The van der Waals surface area contributed by atoms with Gasteiger partial charge in [0.2, 0.25) is 5.91 Å². The number of aliphatic hydroxyl groups is 1. The van der Waals surface area contributed by atoms with Gasteiger partial charge in [-0.1, -0.05) is 30.3 Å². The van der Waals surface area contributed by atoms with E-state index in [0.29, 0.717) is 6.42 Å². The van der Waals surface area contributed by atoms with E-state index < -0.39 is 6.10 Å². The summed E-state index contributed by atoms with van der Waals surface area (Å²) < 4.78 is 5.00. The van der Waals surface area contributed by atoms with Gasteiger partial charge in [0.15, 0.2) is 0 Å². The Bertz CT molecular complexity index is 441. The smallest absolute Gasteiger partial charge is 0.222 e. The van der Waals surface area contributed by atoms with Crippen molar-refractivity contribution in [3.8, 4) is 0 Å². The second kappa shape index (κ2) is 8.91. The standard InChI is InChI=1S/C18H27NO3/c1-22-14-6-5-9-17(20)19-12-10-16(11-13-19)18(21)15-7-3-2-4-8-15/h2-4,7-8,16,18,21H,5-6,9-14H2,1H3. The molecule has 4 nitrogen and oxygen atoms in total. The molecule has 0 saturated carbocycles. The number of unbranched alkanes of at least 4 members (excludes halogenated alkanes) is 1. The molecule has 1 aromatic carbocycles. The van der Waals surface area contributed by atoms with Gasteiger partial charge in [-0.05, 0) is 37.2 Å². The molecule has 1 amide bonds. The van der Waals surface area contributed by atoms with E-state index >= 15 is 0 Å². The third-order valence-corrected chi connectivity index (χ3v) is 4.47. The molecule has 4 heteroatoms. The van der Waals surface area contributed by atoms with E-state index in [9.17, 15) is 9.90 Å². The molecule has 1 saturated heterocycles. The quantitative estimate of drug-likeness (QED) is 0.788. The highest BCUT2D eigenvalue weighted by Gasteiger charge is 2.27. The molecule has 1 heterocycles. The van der Waals surface area contributed by atoms with Gasteiger partial charge in [0, 0.05) is 33.2 Å². The molecule has 0 aliphatic carbocycles. The first-order valence-electron chi connectivity index (χ1n) is 8.22. The Balaban J connectivity index is 1.74. The number of likely N-dealkylation sites (tertiary alicyclic amines) is 1. The minimum absolute atomic E-state index is 0.240. The predicted molar refractivity (Wildman–Crippen MR) is 86.4 cm³/mol. The topological polar surface area (TPSA) is 49.8 Å². The Morgan fingerprint density at radius 1 is 1.27 bits per heavy atom. The van der Waals surface area contributed by atoms with Gasteiger partial charge in [0.05, 0.1) is 6.10 Å². The molecule has 1 N–H and O–H groups in total. The second-order valence-corrected chi connectivity index (χ2v) is 6.02. The van der Waals surface area contributed by atoms with Crippen molar-refractivity contribution in [1.82, 2.24) is 4.90 Å². The molecule has 22 heavy (non-hydrogen) atoms. The maximum absolute atomic E-state index is 12.1. The van der Waals surface area contributed by atoms with Gasteiger partial charge >= 0.3 is 0 Å². The molecule has 1 unspecified atom stereocenters. The molecule has 1 fully saturated rings. The number of amides is 1. The number of rotatable bonds is 7. The lowest BCUT2D eigenvalue weighted by Crippen LogP contribution is -2.39. The molecule has 1 aliphatic rings. The monoisotopic (exact) mass is 305 g/mol. The van der Waals surface area contributed by atoms with Crippen LogP contribution in [0.5, 0.6) is 0 Å². The lowest BCUT2D eigenvalue weighted by Gasteiger charge is -2.34. The average Bonchev–Trinajstić information content (AvgIpc) is 2.59. The van der Waals surface area contributed by atoms with Gasteiger partial charge in [0.1, 0.15) is 0 Å². The molecular weight excluding hydrogens is 278 g/mol. The molecule has 1 atom stereocenters. The van der Waals surface area contributed by atoms with Crippen LogP contribution in [-0.2, 0) is 9.53 Å². The van der Waals surface area contributed by atoms with Crippen LogP contribution in [-0.4, -0.2) is 42.7 Å². The van der Waals surface area contributed by atoms with Crippen molar-refractivity contribution in [3.63, 3.8) is 0 Å². The van der Waals surface area contributed by atoms with Crippen LogP contribution >= 0.6 is 0 Å². The Morgan fingerprint density at radius 3 is 2.59 bits per heavy atom. The van der Waals surface area contributed by atoms with E-state index in [-0.39, 0.29) is 11.8 Å². The van der Waals surface area contributed by atoms with E-state index in [1.165, 1.54) is 0 Å². The fourth-order valence-electron chi connectivity index (χ4n) is 3.07. The van der Waals surface area contributed by atoms with Crippen molar-refractivity contribution >= 4 is 5.91 Å². The number of methoxy groups -OCH3 is 1. The van der Waals surface area contributed by atoms with Crippen LogP contribution in [0.1, 0.15) is 43.8 Å². The highest BCUT2D eigenvalue weighted by atomic mass is 16.5. The Hall–Kier alpha value is -1.39. The number of carbonyl (C=O) groups excluding carboxylic acids is 1. The normalized spacial score (nSPS) is 17.5. The van der Waals surface area contributed by atoms with Gasteiger partial charge in [0.25, 0.3) is 0 Å². The van der Waals surface area contributed by atoms with Crippen LogP contribution in [0.4, 0.5) is 0 Å². The molecule has 0 bridgehead atoms. The fourth-order valence-corrected chi connectivity index (χ4v) is 3.07. The molecule has 2 rings (SSSR count). The van der Waals surface area contributed by atoms with Gasteiger partial charge in [-0.25, -0.2) is 0 Å². The van der Waals surface area contributed by atoms with E-state index in [4.69, 9.17) is 4.74 Å². The number of nitrogens with zero attached hydrogens (tertiary/aromatic N) is 1. The van der Waals surface area contributed by atoms with Gasteiger partial charge < -0.3 is 14.7 Å². The number of hydrogen-bond acceptors (Lipinski definition) is 3. The van der Waals surface area contributed by atoms with Crippen LogP contribution < -0.4 is 0 Å². The largest absolute Gasteiger partial charge is 0.388 e. The van der Waals surface area contributed by atoms with Gasteiger partial charge in [-0.15, -0.1) is 0 Å². The summed E-state index contributed by atoms with van der Waals surface area (Å²) in [4.78, 5) is 14.1. The predicted octanol–water partition coefficient (Wildman–Crippen LogP) is 2.78. The summed E-state index contributed by atoms with van der Waals surface area (Å²) in [6.07, 6.45) is 3.76. The number of hydrogen-bond donors (Lipinski definition) is 1. The first-order chi connectivity index (χ1) is 10.7. The zero-order valence-corrected chi connectivity index (χ0v) is 13.4. The number of piperidine rings is 1. The number of benzene rings is 1. The Kier molecular flexibility index (Phi) is 6.87. The Labute approximate surface area is 133 Å². The first kappa shape index (κ1) is 17.0. The minimum atomic E-state index is -0.417. The van der Waals surface area contributed by atoms with Crippen LogP contribution in [0.25, 0.3) is 0 Å². The summed E-state index contributed by atoms with van der Waals surface area (Å²) in [6.45, 7) is 2.24. The second-order valence-electron chi connectivity index (χ2n) is 6.02. The third-order valence-electron chi connectivity index (χ3n) is 4.47. The molecule has 0 spiro atoms. The van der Waals surface area contributed by atoms with Crippen molar-refractivity contribution in [3.05, 3.63) is 35.9 Å². The van der Waals surface area contributed by atoms with Crippen LogP contribution in [0, 0.1) is 5.92 Å². The fraction of sp³-hybridized carbons (Fsp3) is 0.611. The van der Waals surface area contributed by atoms with Crippen LogP contribution in [0.15, 0.2) is 30.3 Å². The van der Waals surface area contributed by atoms with Crippen molar-refractivity contribution in [2.24, 2.45) is 5.92 Å². The number of carbonyl (C=O) groups is 1. The van der Waals surface area contributed by atoms with E-state index in [1.54, 1.807) is 7.11 Å². The van der Waals surface area contributed by atoms with E-state index in [1.807, 2.05) is 35.2 Å². The Morgan fingerprint density at radius 2 is 1.95 bits per heavy atom. The third kappa shape index (κ3) is 4.82. The first-order valence-corrected chi connectivity index (χ1v) is 8.22. The highest BCUT2D eigenvalue weighted by Crippen LogP contribution is 2.30. The van der Waals surface area contributed by atoms with Gasteiger partial charge in [-0.2, -0.15) is 0 Å². The summed E-state index contributed by atoms with van der Waals surface area (Å²) >= 11 is 0. The van der Waals surface area contributed by atoms with Crippen molar-refractivity contribution < 1.29 is 14.6 Å². The summed E-state index contributed by atoms with van der Waals surface area (Å²) in [7, 11) is 1.69. The van der Waals surface area contributed by atoms with Gasteiger partial charge in [-0.3, -0.25) is 4.79 Å². The van der Waals surface area contributed by atoms with Crippen molar-refractivity contribution in [2.45, 2.75) is 38.2 Å². The zero-order chi connectivity index (χ0) is 15.8. The molecule has 0 aromatic heterocycles. The number of ether oxygens (including phenoxy) is 1. The molecule has 1 aliphatic heterocycles.